The highest BCUT2D eigenvalue weighted by Gasteiger charge is 2.08. The van der Waals surface area contributed by atoms with E-state index in [1.54, 1.807) is 0 Å². The molecule has 0 aliphatic rings. The number of aliphatic hydroxyl groups excluding tert-OH is 1. The minimum Gasteiger partial charge on any atom is -0.396 e. The number of hydrogen-bond donors (Lipinski definition) is 2. The highest BCUT2D eigenvalue weighted by molar-refractivity contribution is 5.15. The number of hydrogen-bond acceptors (Lipinski definition) is 3. The second-order valence-corrected chi connectivity index (χ2v) is 4.68. The van der Waals surface area contributed by atoms with Gasteiger partial charge in [0, 0.05) is 31.5 Å². The van der Waals surface area contributed by atoms with E-state index in [2.05, 4.69) is 24.3 Å². The second-order valence-electron chi connectivity index (χ2n) is 4.68. The van der Waals surface area contributed by atoms with E-state index < -0.39 is 0 Å². The zero-order chi connectivity index (χ0) is 12.7. The van der Waals surface area contributed by atoms with E-state index in [0.717, 1.165) is 19.5 Å². The van der Waals surface area contributed by atoms with Gasteiger partial charge < -0.3 is 10.4 Å². The lowest BCUT2D eigenvalue weighted by atomic mass is 10.0. The molecule has 0 spiro atoms. The van der Waals surface area contributed by atoms with Crippen molar-refractivity contribution in [1.82, 2.24) is 15.1 Å². The molecule has 1 heterocycles. The van der Waals surface area contributed by atoms with Crippen molar-refractivity contribution in [3.05, 3.63) is 17.5 Å². The van der Waals surface area contributed by atoms with Gasteiger partial charge in [0.2, 0.25) is 0 Å². The van der Waals surface area contributed by atoms with Crippen molar-refractivity contribution in [2.24, 2.45) is 13.0 Å². The smallest absolute Gasteiger partial charge is 0.0537 e. The van der Waals surface area contributed by atoms with Gasteiger partial charge in [-0.1, -0.05) is 13.3 Å². The van der Waals surface area contributed by atoms with Crippen LogP contribution in [0.1, 0.15) is 37.4 Å². The first-order valence-corrected chi connectivity index (χ1v) is 6.48. The topological polar surface area (TPSA) is 50.1 Å². The summed E-state index contributed by atoms with van der Waals surface area (Å²) in [5, 5.41) is 16.7. The van der Waals surface area contributed by atoms with Crippen LogP contribution in [0.5, 0.6) is 0 Å². The Morgan fingerprint density at radius 3 is 2.76 bits per heavy atom. The number of nitrogens with one attached hydrogen (secondary N) is 1. The molecule has 0 radical (unpaired) electrons. The first-order chi connectivity index (χ1) is 8.19. The predicted molar refractivity (Wildman–Crippen MR) is 69.8 cm³/mol. The van der Waals surface area contributed by atoms with Crippen molar-refractivity contribution in [1.29, 1.82) is 0 Å². The molecule has 0 aliphatic heterocycles. The molecule has 1 atom stereocenters. The van der Waals surface area contributed by atoms with Crippen molar-refractivity contribution in [2.45, 2.75) is 39.7 Å². The van der Waals surface area contributed by atoms with Crippen LogP contribution in [0.25, 0.3) is 0 Å². The molecular weight excluding hydrogens is 214 g/mol. The first-order valence-electron chi connectivity index (χ1n) is 6.48. The van der Waals surface area contributed by atoms with Crippen LogP contribution in [-0.2, 0) is 13.6 Å². The lowest BCUT2D eigenvalue weighted by Gasteiger charge is -2.15. The van der Waals surface area contributed by atoms with Gasteiger partial charge in [0.25, 0.3) is 0 Å². The van der Waals surface area contributed by atoms with Crippen LogP contribution in [0, 0.1) is 12.8 Å². The van der Waals surface area contributed by atoms with Crippen LogP contribution in [0.15, 0.2) is 6.20 Å². The molecule has 1 aromatic rings. The molecule has 4 heteroatoms. The van der Waals surface area contributed by atoms with Gasteiger partial charge in [0.15, 0.2) is 0 Å². The molecule has 98 valence electrons. The number of aryl methyl sites for hydroxylation is 1. The molecule has 4 nitrogen and oxygen atoms in total. The summed E-state index contributed by atoms with van der Waals surface area (Å²) in [6.45, 7) is 6.41. The maximum Gasteiger partial charge on any atom is 0.0537 e. The molecule has 0 aromatic carbocycles. The maximum absolute atomic E-state index is 8.99. The monoisotopic (exact) mass is 239 g/mol. The van der Waals surface area contributed by atoms with Crippen LogP contribution >= 0.6 is 0 Å². The maximum atomic E-state index is 8.99. The summed E-state index contributed by atoms with van der Waals surface area (Å²) in [5.74, 6) is 0.585. The number of aromatic nitrogens is 2. The van der Waals surface area contributed by atoms with Crippen LogP contribution in [0.4, 0.5) is 0 Å². The third-order valence-electron chi connectivity index (χ3n) is 3.32. The summed E-state index contributed by atoms with van der Waals surface area (Å²) < 4.78 is 1.90. The van der Waals surface area contributed by atoms with E-state index in [1.165, 1.54) is 24.1 Å². The summed E-state index contributed by atoms with van der Waals surface area (Å²) in [7, 11) is 1.96. The molecule has 0 fully saturated rings. The van der Waals surface area contributed by atoms with Crippen molar-refractivity contribution in [3.63, 3.8) is 0 Å². The first kappa shape index (κ1) is 14.2. The summed E-state index contributed by atoms with van der Waals surface area (Å²) in [5.41, 5.74) is 2.47. The van der Waals surface area contributed by atoms with Crippen LogP contribution in [0.3, 0.4) is 0 Å². The second kappa shape index (κ2) is 7.45. The largest absolute Gasteiger partial charge is 0.396 e. The van der Waals surface area contributed by atoms with Gasteiger partial charge in [-0.15, -0.1) is 0 Å². The van der Waals surface area contributed by atoms with Crippen molar-refractivity contribution >= 4 is 0 Å². The third-order valence-corrected chi connectivity index (χ3v) is 3.32. The molecular formula is C13H25N3O. The Hall–Kier alpha value is -0.870. The van der Waals surface area contributed by atoms with Gasteiger partial charge in [-0.2, -0.15) is 5.10 Å². The molecule has 2 N–H and O–H groups in total. The zero-order valence-corrected chi connectivity index (χ0v) is 11.2. The summed E-state index contributed by atoms with van der Waals surface area (Å²) in [4.78, 5) is 0. The summed E-state index contributed by atoms with van der Waals surface area (Å²) in [6, 6.07) is 0. The Morgan fingerprint density at radius 2 is 2.24 bits per heavy atom. The molecule has 17 heavy (non-hydrogen) atoms. The number of aliphatic hydroxyl groups is 1. The van der Waals surface area contributed by atoms with E-state index in [-0.39, 0.29) is 6.61 Å². The SMILES string of the molecule is CCCC(CCO)CNCc1cnn(C)c1C. The number of nitrogens with zero attached hydrogens (tertiary/aromatic N) is 2. The van der Waals surface area contributed by atoms with Crippen LogP contribution < -0.4 is 5.32 Å². The van der Waals surface area contributed by atoms with E-state index in [0.29, 0.717) is 5.92 Å². The Labute approximate surface area is 104 Å². The molecule has 0 bridgehead atoms. The lowest BCUT2D eigenvalue weighted by Crippen LogP contribution is -2.23. The standard InChI is InChI=1S/C13H25N3O/c1-4-5-12(6-7-17)8-14-9-13-10-15-16(3)11(13)2/h10,12,14,17H,4-9H2,1-3H3. The van der Waals surface area contributed by atoms with Crippen molar-refractivity contribution in [2.75, 3.05) is 13.2 Å². The molecule has 0 saturated carbocycles. The molecule has 0 saturated heterocycles. The van der Waals surface area contributed by atoms with Gasteiger partial charge >= 0.3 is 0 Å². The minimum atomic E-state index is 0.290. The van der Waals surface area contributed by atoms with Crippen LogP contribution in [0.2, 0.25) is 0 Å². The Bertz CT molecular complexity index is 316. The summed E-state index contributed by atoms with van der Waals surface area (Å²) in [6.07, 6.45) is 5.17. The van der Waals surface area contributed by atoms with Gasteiger partial charge in [-0.05, 0) is 32.2 Å². The average Bonchev–Trinajstić information content (AvgIpc) is 2.61. The fourth-order valence-electron chi connectivity index (χ4n) is 2.07. The normalized spacial score (nSPS) is 12.9. The van der Waals surface area contributed by atoms with E-state index >= 15 is 0 Å². The fourth-order valence-corrected chi connectivity index (χ4v) is 2.07. The van der Waals surface area contributed by atoms with E-state index in [1.807, 2.05) is 17.9 Å². The lowest BCUT2D eigenvalue weighted by molar-refractivity contribution is 0.248. The minimum absolute atomic E-state index is 0.290. The van der Waals surface area contributed by atoms with Gasteiger partial charge in [-0.3, -0.25) is 4.68 Å². The quantitative estimate of drug-likeness (QED) is 0.725. The number of rotatable bonds is 8. The molecule has 0 amide bonds. The summed E-state index contributed by atoms with van der Waals surface area (Å²) >= 11 is 0. The average molecular weight is 239 g/mol. The van der Waals surface area contributed by atoms with Crippen molar-refractivity contribution < 1.29 is 5.11 Å². The Balaban J connectivity index is 2.32. The fraction of sp³-hybridized carbons (Fsp3) is 0.769. The zero-order valence-electron chi connectivity index (χ0n) is 11.2. The van der Waals surface area contributed by atoms with Gasteiger partial charge in [0.05, 0.1) is 6.20 Å². The van der Waals surface area contributed by atoms with Crippen LogP contribution in [-0.4, -0.2) is 28.0 Å². The highest BCUT2D eigenvalue weighted by atomic mass is 16.3. The Morgan fingerprint density at radius 1 is 1.47 bits per heavy atom. The Kier molecular flexibility index (Phi) is 6.22. The molecule has 1 unspecified atom stereocenters. The van der Waals surface area contributed by atoms with Gasteiger partial charge in [0.1, 0.15) is 0 Å². The van der Waals surface area contributed by atoms with E-state index in [4.69, 9.17) is 5.11 Å². The predicted octanol–water partition coefficient (Wildman–Crippen LogP) is 1.62. The molecule has 1 rings (SSSR count). The highest BCUT2D eigenvalue weighted by Crippen LogP contribution is 2.10. The van der Waals surface area contributed by atoms with Gasteiger partial charge in [-0.25, -0.2) is 0 Å². The van der Waals surface area contributed by atoms with E-state index in [9.17, 15) is 0 Å². The molecule has 1 aromatic heterocycles. The third kappa shape index (κ3) is 4.48. The van der Waals surface area contributed by atoms with Crippen molar-refractivity contribution in [3.8, 4) is 0 Å². The molecule has 0 aliphatic carbocycles.